The van der Waals surface area contributed by atoms with Crippen molar-refractivity contribution in [1.82, 2.24) is 15.6 Å². The van der Waals surface area contributed by atoms with Gasteiger partial charge >= 0.3 is 6.03 Å². The summed E-state index contributed by atoms with van der Waals surface area (Å²) in [7, 11) is 0. The molecule has 30 heavy (non-hydrogen) atoms. The van der Waals surface area contributed by atoms with Gasteiger partial charge in [-0.1, -0.05) is 6.07 Å². The predicted molar refractivity (Wildman–Crippen MR) is 107 cm³/mol. The maximum atomic E-state index is 13.9. The highest BCUT2D eigenvalue weighted by Gasteiger charge is 2.28. The molecule has 9 heteroatoms. The zero-order valence-corrected chi connectivity index (χ0v) is 16.5. The molecule has 0 aliphatic carbocycles. The monoisotopic (exact) mass is 415 g/mol. The van der Waals surface area contributed by atoms with Crippen molar-refractivity contribution in [1.29, 1.82) is 5.26 Å². The second kappa shape index (κ2) is 9.05. The number of anilines is 1. The van der Waals surface area contributed by atoms with Gasteiger partial charge in [-0.25, -0.2) is 18.6 Å². The van der Waals surface area contributed by atoms with Crippen molar-refractivity contribution in [2.75, 3.05) is 24.5 Å². The van der Waals surface area contributed by atoms with Crippen LogP contribution in [0.5, 0.6) is 0 Å². The fourth-order valence-corrected chi connectivity index (χ4v) is 3.40. The number of benzene rings is 1. The highest BCUT2D eigenvalue weighted by Crippen LogP contribution is 2.23. The van der Waals surface area contributed by atoms with Crippen LogP contribution in [-0.2, 0) is 5.60 Å². The number of pyridine rings is 1. The van der Waals surface area contributed by atoms with Gasteiger partial charge in [0.05, 0.1) is 12.1 Å². The first-order valence-electron chi connectivity index (χ1n) is 9.62. The molecule has 3 N–H and O–H groups in total. The number of nitriles is 1. The number of halogens is 2. The number of aliphatic hydroxyl groups is 1. The number of nitrogens with zero attached hydrogens (tertiary/aromatic N) is 3. The lowest BCUT2D eigenvalue weighted by Gasteiger charge is -2.33. The number of aromatic nitrogens is 1. The summed E-state index contributed by atoms with van der Waals surface area (Å²) in [6, 6.07) is 7.96. The van der Waals surface area contributed by atoms with Crippen LogP contribution in [0.3, 0.4) is 0 Å². The Morgan fingerprint density at radius 2 is 2.07 bits per heavy atom. The van der Waals surface area contributed by atoms with Crippen LogP contribution in [0.25, 0.3) is 0 Å². The Bertz CT molecular complexity index is 935. The van der Waals surface area contributed by atoms with Crippen molar-refractivity contribution < 1.29 is 18.7 Å². The minimum Gasteiger partial charge on any atom is -0.383 e. The average molecular weight is 415 g/mol. The summed E-state index contributed by atoms with van der Waals surface area (Å²) in [4.78, 5) is 18.6. The van der Waals surface area contributed by atoms with Crippen LogP contribution in [0.2, 0.25) is 0 Å². The number of piperidine rings is 1. The van der Waals surface area contributed by atoms with Crippen LogP contribution in [0.4, 0.5) is 19.4 Å². The smallest absolute Gasteiger partial charge is 0.315 e. The zero-order chi connectivity index (χ0) is 21.7. The van der Waals surface area contributed by atoms with Crippen molar-refractivity contribution >= 4 is 11.8 Å². The van der Waals surface area contributed by atoms with E-state index in [1.54, 1.807) is 12.1 Å². The lowest BCUT2D eigenvalue weighted by atomic mass is 9.95. The quantitative estimate of drug-likeness (QED) is 0.696. The minimum absolute atomic E-state index is 0.0489. The molecule has 7 nitrogen and oxygen atoms in total. The van der Waals surface area contributed by atoms with Gasteiger partial charge in [-0.2, -0.15) is 5.26 Å². The summed E-state index contributed by atoms with van der Waals surface area (Å²) in [6.07, 6.45) is 2.94. The molecule has 0 saturated carbocycles. The van der Waals surface area contributed by atoms with Gasteiger partial charge in [0, 0.05) is 37.0 Å². The first-order valence-corrected chi connectivity index (χ1v) is 9.62. The number of hydrogen-bond acceptors (Lipinski definition) is 5. The second-order valence-electron chi connectivity index (χ2n) is 7.50. The number of carbonyl (C=O) groups excluding carboxylic acids is 1. The van der Waals surface area contributed by atoms with Crippen molar-refractivity contribution in [3.8, 4) is 6.07 Å². The molecule has 2 heterocycles. The number of amides is 2. The molecule has 1 aliphatic rings. The third-order valence-electron chi connectivity index (χ3n) is 5.14. The molecule has 0 spiro atoms. The first-order chi connectivity index (χ1) is 14.3. The summed E-state index contributed by atoms with van der Waals surface area (Å²) in [5, 5.41) is 24.7. The van der Waals surface area contributed by atoms with E-state index in [-0.39, 0.29) is 18.2 Å². The molecule has 1 fully saturated rings. The van der Waals surface area contributed by atoms with E-state index in [1.807, 2.05) is 6.07 Å². The van der Waals surface area contributed by atoms with Gasteiger partial charge in [-0.05, 0) is 38.0 Å². The molecule has 2 aromatic rings. The fourth-order valence-electron chi connectivity index (χ4n) is 3.40. The van der Waals surface area contributed by atoms with E-state index in [0.717, 1.165) is 18.0 Å². The van der Waals surface area contributed by atoms with Crippen molar-refractivity contribution in [3.63, 3.8) is 0 Å². The summed E-state index contributed by atoms with van der Waals surface area (Å²) in [6.45, 7) is 2.52. The van der Waals surface area contributed by atoms with Crippen molar-refractivity contribution in [3.05, 3.63) is 59.3 Å². The van der Waals surface area contributed by atoms with Crippen molar-refractivity contribution in [2.45, 2.75) is 31.4 Å². The molecule has 0 radical (unpaired) electrons. The van der Waals surface area contributed by atoms with Gasteiger partial charge in [0.1, 0.15) is 29.1 Å². The topological polar surface area (TPSA) is 101 Å². The molecule has 1 aromatic carbocycles. The summed E-state index contributed by atoms with van der Waals surface area (Å²) in [5.74, 6) is -0.819. The van der Waals surface area contributed by atoms with E-state index in [1.165, 1.54) is 13.1 Å². The highest BCUT2D eigenvalue weighted by atomic mass is 19.1. The van der Waals surface area contributed by atoms with E-state index >= 15 is 0 Å². The maximum absolute atomic E-state index is 13.9. The number of urea groups is 1. The number of rotatable bonds is 5. The zero-order valence-electron chi connectivity index (χ0n) is 16.5. The lowest BCUT2D eigenvalue weighted by Crippen LogP contribution is -2.50. The number of carbonyl (C=O) groups is 1. The van der Waals surface area contributed by atoms with E-state index in [9.17, 15) is 18.7 Å². The summed E-state index contributed by atoms with van der Waals surface area (Å²) < 4.78 is 27.0. The van der Waals surface area contributed by atoms with Gasteiger partial charge in [-0.15, -0.1) is 0 Å². The molecule has 3 rings (SSSR count). The van der Waals surface area contributed by atoms with Crippen LogP contribution < -0.4 is 15.5 Å². The molecule has 1 aliphatic heterocycles. The van der Waals surface area contributed by atoms with Crippen LogP contribution in [0.1, 0.15) is 30.9 Å². The van der Waals surface area contributed by atoms with Gasteiger partial charge in [0.2, 0.25) is 0 Å². The van der Waals surface area contributed by atoms with Crippen LogP contribution in [0.15, 0.2) is 36.5 Å². The van der Waals surface area contributed by atoms with E-state index < -0.39 is 23.3 Å². The summed E-state index contributed by atoms with van der Waals surface area (Å²) >= 11 is 0. The van der Waals surface area contributed by atoms with Gasteiger partial charge in [0.25, 0.3) is 0 Å². The molecule has 0 bridgehead atoms. The molecular formula is C21H23F2N5O2. The molecule has 158 valence electrons. The number of hydrogen-bond donors (Lipinski definition) is 3. The number of nitrogens with one attached hydrogen (secondary N) is 2. The first kappa shape index (κ1) is 21.5. The Kier molecular flexibility index (Phi) is 6.47. The predicted octanol–water partition coefficient (Wildman–Crippen LogP) is 2.41. The van der Waals surface area contributed by atoms with Gasteiger partial charge in [-0.3, -0.25) is 0 Å². The van der Waals surface area contributed by atoms with Gasteiger partial charge < -0.3 is 20.6 Å². The molecule has 1 saturated heterocycles. The molecular weight excluding hydrogens is 392 g/mol. The minimum atomic E-state index is -1.68. The van der Waals surface area contributed by atoms with E-state index in [4.69, 9.17) is 5.26 Å². The Balaban J connectivity index is 1.47. The molecule has 1 unspecified atom stereocenters. The maximum Gasteiger partial charge on any atom is 0.315 e. The second-order valence-corrected chi connectivity index (χ2v) is 7.50. The Morgan fingerprint density at radius 3 is 2.67 bits per heavy atom. The normalized spacial score (nSPS) is 16.4. The van der Waals surface area contributed by atoms with Gasteiger partial charge in [0.15, 0.2) is 0 Å². The SMILES string of the molecule is CC(O)(CNC(=O)NC1CCN(c2ccc(C#N)cn2)CC1)c1ccc(F)cc1F. The Hall–Kier alpha value is -3.25. The van der Waals surface area contributed by atoms with Crippen LogP contribution >= 0.6 is 0 Å². The van der Waals surface area contributed by atoms with E-state index in [2.05, 4.69) is 20.5 Å². The Morgan fingerprint density at radius 1 is 1.33 bits per heavy atom. The molecule has 1 atom stereocenters. The van der Waals surface area contributed by atoms with Crippen LogP contribution in [-0.4, -0.2) is 41.8 Å². The largest absolute Gasteiger partial charge is 0.383 e. The third kappa shape index (κ3) is 5.21. The van der Waals surface area contributed by atoms with Crippen LogP contribution in [0, 0.1) is 23.0 Å². The summed E-state index contributed by atoms with van der Waals surface area (Å²) in [5.41, 5.74) is -1.27. The third-order valence-corrected chi connectivity index (χ3v) is 5.14. The molecule has 2 amide bonds. The Labute approximate surface area is 173 Å². The lowest BCUT2D eigenvalue weighted by molar-refractivity contribution is 0.0553. The average Bonchev–Trinajstić information content (AvgIpc) is 2.73. The fraction of sp³-hybridized carbons (Fsp3) is 0.381. The highest BCUT2D eigenvalue weighted by molar-refractivity contribution is 5.74. The van der Waals surface area contributed by atoms with E-state index in [0.29, 0.717) is 37.6 Å². The standard InChI is InChI=1S/C21H23F2N5O2/c1-21(30,17-4-3-15(22)10-18(17)23)13-26-20(29)27-16-6-8-28(9-7-16)19-5-2-14(11-24)12-25-19/h2-5,10,12,16,30H,6-9,13H2,1H3,(H2,26,27,29). The molecule has 1 aromatic heterocycles. The van der Waals surface area contributed by atoms with Crippen molar-refractivity contribution in [2.24, 2.45) is 0 Å².